The Balaban J connectivity index is 2.38. The van der Waals surface area contributed by atoms with Crippen LogP contribution in [0.3, 0.4) is 0 Å². The van der Waals surface area contributed by atoms with Gasteiger partial charge in [0.05, 0.1) is 36.1 Å². The highest BCUT2D eigenvalue weighted by molar-refractivity contribution is 5.93. The van der Waals surface area contributed by atoms with Crippen LogP contribution in [0.1, 0.15) is 16.7 Å². The van der Waals surface area contributed by atoms with Gasteiger partial charge in [-0.05, 0) is 36.4 Å². The molecule has 2 aromatic carbocycles. The maximum absolute atomic E-state index is 9.94. The first-order valence-electron chi connectivity index (χ1n) is 7.49. The summed E-state index contributed by atoms with van der Waals surface area (Å²) in [6.45, 7) is -0.231. The van der Waals surface area contributed by atoms with Crippen LogP contribution in [-0.2, 0) is 6.61 Å². The number of ether oxygens (including phenoxy) is 1. The minimum Gasteiger partial charge on any atom is -0.497 e. The van der Waals surface area contributed by atoms with Crippen molar-refractivity contribution in [3.8, 4) is 29.1 Å². The van der Waals surface area contributed by atoms with Crippen LogP contribution in [0.25, 0.3) is 22.2 Å². The molecule has 0 unspecified atom stereocenters. The Morgan fingerprint density at radius 3 is 2.20 bits per heavy atom. The number of nitrogens with zero attached hydrogens (tertiary/aromatic N) is 3. The van der Waals surface area contributed by atoms with Gasteiger partial charge in [0.2, 0.25) is 0 Å². The summed E-state index contributed by atoms with van der Waals surface area (Å²) >= 11 is 0. The Bertz CT molecular complexity index is 962. The number of methoxy groups -OCH3 is 1. The molecule has 124 valence electrons. The van der Waals surface area contributed by atoms with Crippen LogP contribution >= 0.6 is 0 Å². The zero-order valence-electron chi connectivity index (χ0n) is 13.8. The summed E-state index contributed by atoms with van der Waals surface area (Å²) in [7, 11) is 3.10. The Morgan fingerprint density at radius 2 is 1.68 bits per heavy atom. The smallest absolute Gasteiger partial charge is 0.118 e. The van der Waals surface area contributed by atoms with E-state index < -0.39 is 0 Å². The van der Waals surface area contributed by atoms with E-state index in [1.165, 1.54) is 7.11 Å². The van der Waals surface area contributed by atoms with Crippen molar-refractivity contribution in [1.82, 2.24) is 4.73 Å². The van der Waals surface area contributed by atoms with Crippen LogP contribution in [-0.4, -0.2) is 24.1 Å². The van der Waals surface area contributed by atoms with E-state index in [0.29, 0.717) is 27.9 Å². The van der Waals surface area contributed by atoms with Crippen LogP contribution in [0.2, 0.25) is 0 Å². The molecule has 25 heavy (non-hydrogen) atoms. The van der Waals surface area contributed by atoms with Crippen molar-refractivity contribution in [2.45, 2.75) is 6.61 Å². The predicted molar refractivity (Wildman–Crippen MR) is 91.8 cm³/mol. The van der Waals surface area contributed by atoms with Crippen LogP contribution in [0.5, 0.6) is 5.75 Å². The SMILES string of the molecule is COc1ccc(-c2c(CO)c3cc(C#N)c(C#N)cc3n2OC)cc1. The zero-order chi connectivity index (χ0) is 18.0. The van der Waals surface area contributed by atoms with Crippen LogP contribution < -0.4 is 9.57 Å². The number of aromatic nitrogens is 1. The molecule has 0 aliphatic heterocycles. The van der Waals surface area contributed by atoms with Crippen LogP contribution in [0.4, 0.5) is 0 Å². The minimum absolute atomic E-state index is 0.231. The summed E-state index contributed by atoms with van der Waals surface area (Å²) in [6, 6.07) is 14.6. The van der Waals surface area contributed by atoms with Gasteiger partial charge < -0.3 is 14.7 Å². The highest BCUT2D eigenvalue weighted by Gasteiger charge is 2.21. The molecule has 0 fully saturated rings. The maximum atomic E-state index is 9.94. The van der Waals surface area contributed by atoms with E-state index >= 15 is 0 Å². The first kappa shape index (κ1) is 16.4. The number of hydrogen-bond acceptors (Lipinski definition) is 5. The number of fused-ring (bicyclic) bond motifs is 1. The Labute approximate surface area is 144 Å². The van der Waals surface area contributed by atoms with Gasteiger partial charge >= 0.3 is 0 Å². The van der Waals surface area contributed by atoms with Crippen molar-refractivity contribution in [2.75, 3.05) is 14.2 Å². The van der Waals surface area contributed by atoms with E-state index in [2.05, 4.69) is 0 Å². The van der Waals surface area contributed by atoms with Crippen molar-refractivity contribution in [2.24, 2.45) is 0 Å². The predicted octanol–water partition coefficient (Wildman–Crippen LogP) is 2.61. The standard InChI is InChI=1S/C19H15N3O3/c1-24-15-5-3-12(4-6-15)19-17(11-23)16-7-13(9-20)14(10-21)8-18(16)22(19)25-2/h3-8,23H,11H2,1-2H3. The van der Waals surface area contributed by atoms with Gasteiger partial charge in [0, 0.05) is 16.5 Å². The van der Waals surface area contributed by atoms with Gasteiger partial charge in [0.15, 0.2) is 0 Å². The lowest BCUT2D eigenvalue weighted by Gasteiger charge is -2.10. The van der Waals surface area contributed by atoms with Gasteiger partial charge in [-0.2, -0.15) is 15.3 Å². The molecule has 0 atom stereocenters. The van der Waals surface area contributed by atoms with E-state index in [9.17, 15) is 15.6 Å². The summed E-state index contributed by atoms with van der Waals surface area (Å²) < 4.78 is 6.74. The molecular formula is C19H15N3O3. The van der Waals surface area contributed by atoms with E-state index in [0.717, 1.165) is 5.56 Å². The molecule has 0 radical (unpaired) electrons. The third-order valence-electron chi connectivity index (χ3n) is 4.11. The second-order valence-corrected chi connectivity index (χ2v) is 5.33. The van der Waals surface area contributed by atoms with Gasteiger partial charge in [-0.25, -0.2) is 0 Å². The highest BCUT2D eigenvalue weighted by atomic mass is 16.6. The molecule has 3 rings (SSSR count). The molecule has 3 aromatic rings. The first-order valence-corrected chi connectivity index (χ1v) is 7.49. The van der Waals surface area contributed by atoms with Gasteiger partial charge in [-0.1, -0.05) is 0 Å². The summed E-state index contributed by atoms with van der Waals surface area (Å²) in [5.74, 6) is 0.716. The number of aliphatic hydroxyl groups is 1. The van der Waals surface area contributed by atoms with Crippen molar-refractivity contribution >= 4 is 10.9 Å². The quantitative estimate of drug-likeness (QED) is 0.792. The number of hydrogen-bond donors (Lipinski definition) is 1. The number of nitriles is 2. The summed E-state index contributed by atoms with van der Waals surface area (Å²) in [6.07, 6.45) is 0. The van der Waals surface area contributed by atoms with Gasteiger partial charge in [0.25, 0.3) is 0 Å². The van der Waals surface area contributed by atoms with Crippen LogP contribution in [0.15, 0.2) is 36.4 Å². The summed E-state index contributed by atoms with van der Waals surface area (Å²) in [4.78, 5) is 5.51. The molecule has 1 heterocycles. The van der Waals surface area contributed by atoms with E-state index in [-0.39, 0.29) is 17.7 Å². The molecule has 0 amide bonds. The molecule has 6 heteroatoms. The zero-order valence-corrected chi connectivity index (χ0v) is 13.8. The molecule has 0 spiro atoms. The number of aliphatic hydroxyl groups excluding tert-OH is 1. The molecular weight excluding hydrogens is 318 g/mol. The minimum atomic E-state index is -0.231. The molecule has 0 aliphatic carbocycles. The third-order valence-corrected chi connectivity index (χ3v) is 4.11. The van der Waals surface area contributed by atoms with E-state index in [1.807, 2.05) is 36.4 Å². The Kier molecular flexibility index (Phi) is 4.30. The molecule has 0 bridgehead atoms. The fourth-order valence-electron chi connectivity index (χ4n) is 2.94. The first-order chi connectivity index (χ1) is 12.2. The van der Waals surface area contributed by atoms with Crippen molar-refractivity contribution in [1.29, 1.82) is 10.5 Å². The molecule has 0 aliphatic rings. The van der Waals surface area contributed by atoms with Gasteiger partial charge in [-0.15, -0.1) is 0 Å². The van der Waals surface area contributed by atoms with E-state index in [1.54, 1.807) is 24.0 Å². The summed E-state index contributed by atoms with van der Waals surface area (Å²) in [5, 5.41) is 29.1. The molecule has 6 nitrogen and oxygen atoms in total. The van der Waals surface area contributed by atoms with Gasteiger partial charge in [-0.3, -0.25) is 0 Å². The summed E-state index contributed by atoms with van der Waals surface area (Å²) in [5.41, 5.74) is 3.26. The molecule has 1 aromatic heterocycles. The normalized spacial score (nSPS) is 10.3. The molecule has 0 saturated carbocycles. The maximum Gasteiger partial charge on any atom is 0.118 e. The number of rotatable bonds is 4. The molecule has 1 N–H and O–H groups in total. The monoisotopic (exact) mass is 333 g/mol. The van der Waals surface area contributed by atoms with Crippen molar-refractivity contribution < 1.29 is 14.7 Å². The largest absolute Gasteiger partial charge is 0.497 e. The average molecular weight is 333 g/mol. The average Bonchev–Trinajstić information content (AvgIpc) is 2.98. The Hall–Kier alpha value is -3.48. The lowest BCUT2D eigenvalue weighted by molar-refractivity contribution is 0.182. The highest BCUT2D eigenvalue weighted by Crippen LogP contribution is 2.35. The second kappa shape index (κ2) is 6.56. The lowest BCUT2D eigenvalue weighted by atomic mass is 10.0. The third kappa shape index (κ3) is 2.55. The number of benzene rings is 2. The molecule has 0 saturated heterocycles. The van der Waals surface area contributed by atoms with Gasteiger partial charge in [0.1, 0.15) is 25.0 Å². The second-order valence-electron chi connectivity index (χ2n) is 5.33. The van der Waals surface area contributed by atoms with Crippen LogP contribution in [0, 0.1) is 22.7 Å². The van der Waals surface area contributed by atoms with Crippen molar-refractivity contribution in [3.63, 3.8) is 0 Å². The Morgan fingerprint density at radius 1 is 1.04 bits per heavy atom. The van der Waals surface area contributed by atoms with E-state index in [4.69, 9.17) is 9.57 Å². The topological polar surface area (TPSA) is 91.2 Å². The fraction of sp³-hybridized carbons (Fsp3) is 0.158. The fourth-order valence-corrected chi connectivity index (χ4v) is 2.94. The van der Waals surface area contributed by atoms with Crippen molar-refractivity contribution in [3.05, 3.63) is 53.1 Å². The lowest BCUT2D eigenvalue weighted by Crippen LogP contribution is -2.08.